The maximum atomic E-state index is 5.88. The third-order valence-electron chi connectivity index (χ3n) is 4.35. The number of hydrogen-bond donors (Lipinski definition) is 0. The number of fused-ring (bicyclic) bond motifs is 1. The van der Waals surface area contributed by atoms with E-state index in [2.05, 4.69) is 70.2 Å². The smallest absolute Gasteiger partial charge is 0.212 e. The van der Waals surface area contributed by atoms with Crippen LogP contribution in [0.5, 0.6) is 0 Å². The Bertz CT molecular complexity index is 885. The average Bonchev–Trinajstić information content (AvgIpc) is 2.68. The molecule has 1 heterocycles. The number of pyridine rings is 1. The van der Waals surface area contributed by atoms with Gasteiger partial charge >= 0.3 is 0 Å². The Kier molecular flexibility index (Phi) is 6.48. The molecule has 0 aliphatic carbocycles. The summed E-state index contributed by atoms with van der Waals surface area (Å²) >= 11 is 11.8. The first-order chi connectivity index (χ1) is 12.7. The van der Waals surface area contributed by atoms with E-state index < -0.39 is 0 Å². The molecule has 1 aromatic heterocycles. The molecule has 0 fully saturated rings. The monoisotopic (exact) mass is 386 g/mol. The summed E-state index contributed by atoms with van der Waals surface area (Å²) in [6.45, 7) is 1.56. The molecule has 2 aromatic carbocycles. The topological polar surface area (TPSA) is 19.5 Å². The molecule has 3 nitrogen and oxygen atoms in total. The van der Waals surface area contributed by atoms with Crippen molar-refractivity contribution in [2.45, 2.75) is 0 Å². The number of aryl methyl sites for hydroxylation is 1. The van der Waals surface area contributed by atoms with E-state index in [0.717, 1.165) is 30.0 Å². The van der Waals surface area contributed by atoms with Gasteiger partial charge in [0.2, 0.25) is 5.52 Å². The van der Waals surface area contributed by atoms with E-state index in [1.165, 1.54) is 10.9 Å². The third kappa shape index (κ3) is 4.35. The lowest BCUT2D eigenvalue weighted by Gasteiger charge is -2.22. The second-order valence-corrected chi connectivity index (χ2v) is 6.79. The lowest BCUT2D eigenvalue weighted by atomic mass is 10.1. The third-order valence-corrected chi connectivity index (χ3v) is 4.69. The van der Waals surface area contributed by atoms with E-state index in [-0.39, 0.29) is 0 Å². The van der Waals surface area contributed by atoms with Crippen molar-refractivity contribution >= 4 is 51.7 Å². The standard InChI is InChI=1S/C21H22Cl2N3/c1-25-13-10-17(20-4-2-3-5-21(20)25)16-24-18-6-8-19(9-7-18)26(14-11-22)15-12-23/h2-10,13,16H,11-12,14-15H2,1H3/q+1. The number of nitrogens with zero attached hydrogens (tertiary/aromatic N) is 3. The van der Waals surface area contributed by atoms with Crippen LogP contribution in [0.2, 0.25) is 0 Å². The minimum absolute atomic E-state index is 0.579. The Morgan fingerprint density at radius 2 is 1.65 bits per heavy atom. The van der Waals surface area contributed by atoms with Gasteiger partial charge in [0.15, 0.2) is 6.20 Å². The van der Waals surface area contributed by atoms with Crippen molar-refractivity contribution in [1.82, 2.24) is 0 Å². The lowest BCUT2D eigenvalue weighted by molar-refractivity contribution is -0.644. The maximum absolute atomic E-state index is 5.88. The zero-order valence-electron chi connectivity index (χ0n) is 14.8. The summed E-state index contributed by atoms with van der Waals surface area (Å²) in [7, 11) is 2.05. The molecule has 0 unspecified atom stereocenters. The van der Waals surface area contributed by atoms with E-state index in [1.807, 2.05) is 18.3 Å². The molecule has 134 valence electrons. The predicted octanol–water partition coefficient (Wildman–Crippen LogP) is 4.70. The first-order valence-corrected chi connectivity index (χ1v) is 9.68. The number of anilines is 1. The number of halogens is 2. The Hall–Kier alpha value is -2.10. The van der Waals surface area contributed by atoms with E-state index in [4.69, 9.17) is 23.2 Å². The van der Waals surface area contributed by atoms with Gasteiger partial charge in [0, 0.05) is 54.4 Å². The highest BCUT2D eigenvalue weighted by atomic mass is 35.5. The molecule has 0 aliphatic heterocycles. The van der Waals surface area contributed by atoms with Gasteiger partial charge < -0.3 is 4.90 Å². The van der Waals surface area contributed by atoms with Gasteiger partial charge in [-0.2, -0.15) is 0 Å². The van der Waals surface area contributed by atoms with Crippen LogP contribution < -0.4 is 9.47 Å². The fourth-order valence-corrected chi connectivity index (χ4v) is 3.38. The summed E-state index contributed by atoms with van der Waals surface area (Å²) in [5, 5.41) is 1.19. The summed E-state index contributed by atoms with van der Waals surface area (Å²) in [6.07, 6.45) is 3.98. The molecule has 5 heteroatoms. The van der Waals surface area contributed by atoms with Crippen molar-refractivity contribution in [3.05, 3.63) is 66.4 Å². The minimum atomic E-state index is 0.579. The van der Waals surface area contributed by atoms with Crippen LogP contribution in [0, 0.1) is 0 Å². The van der Waals surface area contributed by atoms with E-state index in [1.54, 1.807) is 0 Å². The van der Waals surface area contributed by atoms with Crippen LogP contribution in [0.4, 0.5) is 11.4 Å². The Morgan fingerprint density at radius 1 is 0.962 bits per heavy atom. The number of aliphatic imine (C=N–C) groups is 1. The molecule has 0 saturated heterocycles. The summed E-state index contributed by atoms with van der Waals surface area (Å²) in [5.41, 5.74) is 4.32. The van der Waals surface area contributed by atoms with Crippen LogP contribution in [-0.4, -0.2) is 31.1 Å². The molecule has 0 spiro atoms. The largest absolute Gasteiger partial charge is 0.369 e. The molecule has 0 saturated carbocycles. The van der Waals surface area contributed by atoms with Crippen molar-refractivity contribution < 1.29 is 4.57 Å². The molecular weight excluding hydrogens is 365 g/mol. The van der Waals surface area contributed by atoms with Gasteiger partial charge in [0.1, 0.15) is 7.05 Å². The molecule has 3 rings (SSSR count). The summed E-state index contributed by atoms with van der Waals surface area (Å²) in [4.78, 5) is 6.82. The molecule has 26 heavy (non-hydrogen) atoms. The van der Waals surface area contributed by atoms with Crippen molar-refractivity contribution in [2.24, 2.45) is 12.0 Å². The van der Waals surface area contributed by atoms with E-state index in [9.17, 15) is 0 Å². The van der Waals surface area contributed by atoms with Gasteiger partial charge in [-0.05, 0) is 30.3 Å². The number of hydrogen-bond acceptors (Lipinski definition) is 2. The van der Waals surface area contributed by atoms with E-state index in [0.29, 0.717) is 11.8 Å². The maximum Gasteiger partial charge on any atom is 0.212 e. The highest BCUT2D eigenvalue weighted by Crippen LogP contribution is 2.21. The molecule has 0 N–H and O–H groups in total. The molecule has 0 bridgehead atoms. The zero-order valence-corrected chi connectivity index (χ0v) is 16.3. The van der Waals surface area contributed by atoms with Crippen LogP contribution in [0.25, 0.3) is 10.9 Å². The molecule has 3 aromatic rings. The number of aromatic nitrogens is 1. The minimum Gasteiger partial charge on any atom is -0.369 e. The van der Waals surface area contributed by atoms with Crippen LogP contribution in [0.15, 0.2) is 65.8 Å². The zero-order chi connectivity index (χ0) is 18.4. The second-order valence-electron chi connectivity index (χ2n) is 6.04. The van der Waals surface area contributed by atoms with Crippen LogP contribution in [-0.2, 0) is 7.05 Å². The first-order valence-electron chi connectivity index (χ1n) is 8.61. The van der Waals surface area contributed by atoms with Crippen molar-refractivity contribution in [3.63, 3.8) is 0 Å². The first kappa shape index (κ1) is 18.7. The summed E-state index contributed by atoms with van der Waals surface area (Å²) in [6, 6.07) is 18.6. The van der Waals surface area contributed by atoms with Gasteiger partial charge in [-0.15, -0.1) is 23.2 Å². The van der Waals surface area contributed by atoms with Gasteiger partial charge in [0.05, 0.1) is 11.1 Å². The van der Waals surface area contributed by atoms with Crippen molar-refractivity contribution in [3.8, 4) is 0 Å². The molecule has 0 radical (unpaired) electrons. The summed E-state index contributed by atoms with van der Waals surface area (Å²) in [5.74, 6) is 1.16. The van der Waals surface area contributed by atoms with Gasteiger partial charge in [-0.1, -0.05) is 12.1 Å². The molecular formula is C21H22Cl2N3+. The van der Waals surface area contributed by atoms with Gasteiger partial charge in [0.25, 0.3) is 0 Å². The highest BCUT2D eigenvalue weighted by molar-refractivity contribution is 6.18. The fraction of sp³-hybridized carbons (Fsp3) is 0.238. The highest BCUT2D eigenvalue weighted by Gasteiger charge is 2.07. The molecule has 0 aliphatic rings. The van der Waals surface area contributed by atoms with Gasteiger partial charge in [-0.3, -0.25) is 4.99 Å². The van der Waals surface area contributed by atoms with Crippen molar-refractivity contribution in [2.75, 3.05) is 29.7 Å². The molecule has 0 amide bonds. The van der Waals surface area contributed by atoms with Crippen LogP contribution in [0.1, 0.15) is 5.56 Å². The Balaban J connectivity index is 1.82. The normalized spacial score (nSPS) is 11.3. The SMILES string of the molecule is C[n+]1ccc(C=Nc2ccc(N(CCCl)CCCl)cc2)c2ccccc21. The summed E-state index contributed by atoms with van der Waals surface area (Å²) < 4.78 is 2.11. The fourth-order valence-electron chi connectivity index (χ4n) is 2.97. The quantitative estimate of drug-likeness (QED) is 0.327. The van der Waals surface area contributed by atoms with Crippen molar-refractivity contribution in [1.29, 1.82) is 0 Å². The molecule has 0 atom stereocenters. The Labute approximate surface area is 164 Å². The number of alkyl halides is 2. The average molecular weight is 387 g/mol. The van der Waals surface area contributed by atoms with E-state index >= 15 is 0 Å². The van der Waals surface area contributed by atoms with Crippen LogP contribution >= 0.6 is 23.2 Å². The number of benzene rings is 2. The second kappa shape index (κ2) is 9.02. The van der Waals surface area contributed by atoms with Gasteiger partial charge in [-0.25, -0.2) is 4.57 Å². The predicted molar refractivity (Wildman–Crippen MR) is 112 cm³/mol. The van der Waals surface area contributed by atoms with Crippen LogP contribution in [0.3, 0.4) is 0 Å². The lowest BCUT2D eigenvalue weighted by Crippen LogP contribution is -2.28. The number of rotatable bonds is 7. The number of para-hydroxylation sites is 1. The Morgan fingerprint density at radius 3 is 2.35 bits per heavy atom.